The van der Waals surface area contributed by atoms with E-state index in [9.17, 15) is 4.79 Å². The molecule has 0 radical (unpaired) electrons. The van der Waals surface area contributed by atoms with Crippen LogP contribution in [0.4, 0.5) is 0 Å². The molecule has 0 atom stereocenters. The van der Waals surface area contributed by atoms with Crippen molar-refractivity contribution in [3.05, 3.63) is 18.7 Å². The van der Waals surface area contributed by atoms with E-state index in [1.165, 1.54) is 6.92 Å². The number of carbonyl (C=O) groups is 1. The minimum absolute atomic E-state index is 0.286. The number of hydrogen-bond acceptors (Lipinski definition) is 4. The second-order valence-corrected chi connectivity index (χ2v) is 2.45. The average molecular weight is 184 g/mol. The molecule has 1 aromatic heterocycles. The van der Waals surface area contributed by atoms with Crippen LogP contribution in [-0.2, 0) is 21.0 Å². The fourth-order valence-electron chi connectivity index (χ4n) is 0.777. The first-order chi connectivity index (χ1) is 6.29. The molecule has 5 nitrogen and oxygen atoms in total. The van der Waals surface area contributed by atoms with Crippen LogP contribution in [0.2, 0.25) is 0 Å². The molecular weight excluding hydrogens is 172 g/mol. The summed E-state index contributed by atoms with van der Waals surface area (Å²) in [5.74, 6) is -0.286. The third-order valence-electron chi connectivity index (χ3n) is 1.33. The Hall–Kier alpha value is -1.36. The zero-order valence-electron chi connectivity index (χ0n) is 7.47. The molecule has 0 aliphatic carbocycles. The molecule has 13 heavy (non-hydrogen) atoms. The van der Waals surface area contributed by atoms with Gasteiger partial charge in [-0.3, -0.25) is 4.79 Å². The van der Waals surface area contributed by atoms with Crippen LogP contribution < -0.4 is 0 Å². The normalized spacial score (nSPS) is 9.92. The first-order valence-corrected chi connectivity index (χ1v) is 3.96. The van der Waals surface area contributed by atoms with Gasteiger partial charge < -0.3 is 14.0 Å². The Bertz CT molecular complexity index is 246. The van der Waals surface area contributed by atoms with Gasteiger partial charge in [-0.1, -0.05) is 0 Å². The predicted octanol–water partition coefficient (Wildman–Crippen LogP) is 0.420. The van der Waals surface area contributed by atoms with Crippen molar-refractivity contribution in [3.8, 4) is 0 Å². The molecule has 0 spiro atoms. The number of hydrogen-bond donors (Lipinski definition) is 0. The van der Waals surface area contributed by atoms with Gasteiger partial charge in [0.2, 0.25) is 0 Å². The molecule has 5 heteroatoms. The summed E-state index contributed by atoms with van der Waals surface area (Å²) < 4.78 is 11.6. The van der Waals surface area contributed by atoms with Gasteiger partial charge in [-0.2, -0.15) is 0 Å². The van der Waals surface area contributed by atoms with Gasteiger partial charge in [-0.15, -0.1) is 0 Å². The van der Waals surface area contributed by atoms with E-state index in [1.807, 2.05) is 0 Å². The molecule has 0 saturated carbocycles. The van der Waals surface area contributed by atoms with E-state index in [2.05, 4.69) is 9.72 Å². The van der Waals surface area contributed by atoms with Crippen LogP contribution in [0.5, 0.6) is 0 Å². The molecule has 0 bridgehead atoms. The minimum atomic E-state index is -0.286. The van der Waals surface area contributed by atoms with Crippen LogP contribution >= 0.6 is 0 Å². The van der Waals surface area contributed by atoms with Crippen molar-refractivity contribution >= 4 is 5.97 Å². The van der Waals surface area contributed by atoms with Gasteiger partial charge in [0.25, 0.3) is 0 Å². The number of rotatable bonds is 5. The van der Waals surface area contributed by atoms with Crippen LogP contribution in [-0.4, -0.2) is 28.7 Å². The van der Waals surface area contributed by atoms with Crippen LogP contribution in [0.15, 0.2) is 18.7 Å². The lowest BCUT2D eigenvalue weighted by molar-refractivity contribution is -0.142. The monoisotopic (exact) mass is 184 g/mol. The summed E-state index contributed by atoms with van der Waals surface area (Å²) in [6, 6.07) is 0. The summed E-state index contributed by atoms with van der Waals surface area (Å²) in [6.45, 7) is 2.50. The minimum Gasteiger partial charge on any atom is -0.463 e. The lowest BCUT2D eigenvalue weighted by Gasteiger charge is -2.04. The molecule has 1 rings (SSSR count). The van der Waals surface area contributed by atoms with Crippen molar-refractivity contribution < 1.29 is 14.3 Å². The summed E-state index contributed by atoms with van der Waals surface area (Å²) in [4.78, 5) is 14.2. The zero-order chi connectivity index (χ0) is 9.52. The summed E-state index contributed by atoms with van der Waals surface area (Å²) in [5.41, 5.74) is 0. The Labute approximate surface area is 76.3 Å². The number of esters is 1. The molecule has 1 aromatic rings. The predicted molar refractivity (Wildman–Crippen MR) is 44.8 cm³/mol. The fraction of sp³-hybridized carbons (Fsp3) is 0.500. The van der Waals surface area contributed by atoms with Crippen LogP contribution in [0.25, 0.3) is 0 Å². The first kappa shape index (κ1) is 9.73. The molecular formula is C8H12N2O3. The maximum Gasteiger partial charge on any atom is 0.302 e. The molecule has 0 unspecified atom stereocenters. The lowest BCUT2D eigenvalue weighted by Crippen LogP contribution is -2.09. The van der Waals surface area contributed by atoms with Gasteiger partial charge in [0.15, 0.2) is 0 Å². The zero-order valence-corrected chi connectivity index (χ0v) is 7.47. The molecule has 0 aliphatic rings. The van der Waals surface area contributed by atoms with E-state index >= 15 is 0 Å². The topological polar surface area (TPSA) is 53.4 Å². The summed E-state index contributed by atoms with van der Waals surface area (Å²) in [7, 11) is 0. The molecule has 0 amide bonds. The SMILES string of the molecule is CC(=O)OCCOCn1ccnc1. The maximum absolute atomic E-state index is 10.3. The summed E-state index contributed by atoms with van der Waals surface area (Å²) in [5, 5.41) is 0. The average Bonchev–Trinajstić information content (AvgIpc) is 2.55. The molecule has 0 fully saturated rings. The van der Waals surface area contributed by atoms with Gasteiger partial charge in [-0.05, 0) is 0 Å². The standard InChI is InChI=1S/C8H12N2O3/c1-8(11)13-5-4-12-7-10-3-2-9-6-10/h2-3,6H,4-5,7H2,1H3. The first-order valence-electron chi connectivity index (χ1n) is 3.96. The molecule has 72 valence electrons. The molecule has 0 aliphatic heterocycles. The van der Waals surface area contributed by atoms with E-state index in [0.717, 1.165) is 0 Å². The highest BCUT2D eigenvalue weighted by molar-refractivity contribution is 5.65. The lowest BCUT2D eigenvalue weighted by atomic mass is 10.7. The van der Waals surface area contributed by atoms with E-state index in [0.29, 0.717) is 19.9 Å². The Morgan fingerprint density at radius 3 is 3.00 bits per heavy atom. The molecule has 0 saturated heterocycles. The molecule has 1 heterocycles. The van der Waals surface area contributed by atoms with Crippen molar-refractivity contribution in [2.75, 3.05) is 13.2 Å². The third-order valence-corrected chi connectivity index (χ3v) is 1.33. The van der Waals surface area contributed by atoms with Crippen molar-refractivity contribution in [3.63, 3.8) is 0 Å². The molecule has 0 aromatic carbocycles. The van der Waals surface area contributed by atoms with Gasteiger partial charge in [0.1, 0.15) is 13.3 Å². The van der Waals surface area contributed by atoms with Crippen LogP contribution in [0, 0.1) is 0 Å². The van der Waals surface area contributed by atoms with E-state index in [-0.39, 0.29) is 5.97 Å². The van der Waals surface area contributed by atoms with Crippen molar-refractivity contribution in [1.82, 2.24) is 9.55 Å². The highest BCUT2D eigenvalue weighted by atomic mass is 16.6. The highest BCUT2D eigenvalue weighted by Crippen LogP contribution is 1.87. The van der Waals surface area contributed by atoms with Gasteiger partial charge in [-0.25, -0.2) is 4.98 Å². The quantitative estimate of drug-likeness (QED) is 0.491. The van der Waals surface area contributed by atoms with Crippen LogP contribution in [0.3, 0.4) is 0 Å². The third kappa shape index (κ3) is 4.27. The van der Waals surface area contributed by atoms with E-state index in [4.69, 9.17) is 4.74 Å². The van der Waals surface area contributed by atoms with Gasteiger partial charge in [0.05, 0.1) is 12.9 Å². The second kappa shape index (κ2) is 5.31. The van der Waals surface area contributed by atoms with E-state index in [1.54, 1.807) is 23.3 Å². The van der Waals surface area contributed by atoms with Crippen molar-refractivity contribution in [1.29, 1.82) is 0 Å². The number of nitrogens with zero attached hydrogens (tertiary/aromatic N) is 2. The Kier molecular flexibility index (Phi) is 3.98. The number of carbonyl (C=O) groups excluding carboxylic acids is 1. The highest BCUT2D eigenvalue weighted by Gasteiger charge is 1.93. The number of aromatic nitrogens is 2. The van der Waals surface area contributed by atoms with E-state index < -0.39 is 0 Å². The Morgan fingerprint density at radius 2 is 2.38 bits per heavy atom. The molecule has 0 N–H and O–H groups in total. The largest absolute Gasteiger partial charge is 0.463 e. The van der Waals surface area contributed by atoms with Crippen LogP contribution in [0.1, 0.15) is 6.92 Å². The summed E-state index contributed by atoms with van der Waals surface area (Å²) >= 11 is 0. The van der Waals surface area contributed by atoms with Gasteiger partial charge >= 0.3 is 5.97 Å². The van der Waals surface area contributed by atoms with Gasteiger partial charge in [0, 0.05) is 19.3 Å². The van der Waals surface area contributed by atoms with Crippen molar-refractivity contribution in [2.45, 2.75) is 13.7 Å². The number of ether oxygens (including phenoxy) is 2. The Balaban J connectivity index is 1.99. The van der Waals surface area contributed by atoms with Crippen molar-refractivity contribution in [2.24, 2.45) is 0 Å². The second-order valence-electron chi connectivity index (χ2n) is 2.45. The maximum atomic E-state index is 10.3. The summed E-state index contributed by atoms with van der Waals surface area (Å²) in [6.07, 6.45) is 5.13. The fourth-order valence-corrected chi connectivity index (χ4v) is 0.777. The Morgan fingerprint density at radius 1 is 1.54 bits per heavy atom. The smallest absolute Gasteiger partial charge is 0.302 e. The number of imidazole rings is 1.